The van der Waals surface area contributed by atoms with Crippen LogP contribution in [0.15, 0.2) is 46.6 Å². The summed E-state index contributed by atoms with van der Waals surface area (Å²) < 4.78 is 5.37. The van der Waals surface area contributed by atoms with Gasteiger partial charge in [-0.2, -0.15) is 4.98 Å². The van der Waals surface area contributed by atoms with Crippen molar-refractivity contribution in [3.05, 3.63) is 52.8 Å². The molecule has 1 fully saturated rings. The molecule has 1 amide bonds. The Morgan fingerprint density at radius 1 is 1.32 bits per heavy atom. The van der Waals surface area contributed by atoms with Gasteiger partial charge in [-0.1, -0.05) is 11.2 Å². The summed E-state index contributed by atoms with van der Waals surface area (Å²) in [6.45, 7) is 2.22. The number of rotatable bonds is 5. The third-order valence-electron chi connectivity index (χ3n) is 4.16. The fourth-order valence-electron chi connectivity index (χ4n) is 2.90. The molecule has 128 valence electrons. The lowest BCUT2D eigenvalue weighted by Gasteiger charge is -2.33. The van der Waals surface area contributed by atoms with Crippen LogP contribution in [0.5, 0.6) is 0 Å². The summed E-state index contributed by atoms with van der Waals surface area (Å²) in [7, 11) is 0. The highest BCUT2D eigenvalue weighted by Gasteiger charge is 2.31. The summed E-state index contributed by atoms with van der Waals surface area (Å²) in [6, 6.07) is 7.46. The van der Waals surface area contributed by atoms with Crippen molar-refractivity contribution in [3.63, 3.8) is 0 Å². The Bertz CT molecular complexity index is 834. The molecule has 0 aromatic carbocycles. The fraction of sp³-hybridized carbons (Fsp3) is 0.294. The number of hydrogen-bond acceptors (Lipinski definition) is 7. The number of amides is 1. The molecule has 1 atom stereocenters. The molecule has 0 spiro atoms. The lowest BCUT2D eigenvalue weighted by atomic mass is 10.1. The van der Waals surface area contributed by atoms with E-state index in [2.05, 4.69) is 31.4 Å². The van der Waals surface area contributed by atoms with Gasteiger partial charge in [-0.25, -0.2) is 0 Å². The van der Waals surface area contributed by atoms with Crippen LogP contribution in [0.4, 0.5) is 0 Å². The van der Waals surface area contributed by atoms with Crippen molar-refractivity contribution in [2.45, 2.75) is 19.0 Å². The van der Waals surface area contributed by atoms with E-state index in [0.717, 1.165) is 18.7 Å². The van der Waals surface area contributed by atoms with E-state index < -0.39 is 0 Å². The molecule has 7 nitrogen and oxygen atoms in total. The molecule has 3 aromatic rings. The minimum Gasteiger partial charge on any atom is -0.353 e. The molecular formula is C17H17N5O2S. The second kappa shape index (κ2) is 7.12. The van der Waals surface area contributed by atoms with Crippen LogP contribution in [-0.2, 0) is 17.8 Å². The van der Waals surface area contributed by atoms with Gasteiger partial charge in [-0.3, -0.25) is 14.7 Å². The van der Waals surface area contributed by atoms with Gasteiger partial charge in [0.2, 0.25) is 17.6 Å². The first-order valence-electron chi connectivity index (χ1n) is 8.07. The lowest BCUT2D eigenvalue weighted by molar-refractivity contribution is -0.129. The van der Waals surface area contributed by atoms with Crippen molar-refractivity contribution >= 4 is 17.2 Å². The molecule has 1 N–H and O–H groups in total. The van der Waals surface area contributed by atoms with E-state index in [1.807, 2.05) is 23.6 Å². The van der Waals surface area contributed by atoms with Crippen LogP contribution in [0.3, 0.4) is 0 Å². The van der Waals surface area contributed by atoms with Gasteiger partial charge in [0.1, 0.15) is 0 Å². The van der Waals surface area contributed by atoms with Crippen LogP contribution < -0.4 is 5.32 Å². The Labute approximate surface area is 148 Å². The number of carbonyl (C=O) groups is 1. The predicted octanol–water partition coefficient (Wildman–Crippen LogP) is 1.74. The number of aromatic nitrogens is 3. The lowest BCUT2D eigenvalue weighted by Crippen LogP contribution is -2.55. The first kappa shape index (κ1) is 15.9. The summed E-state index contributed by atoms with van der Waals surface area (Å²) in [5.41, 5.74) is 0.841. The second-order valence-electron chi connectivity index (χ2n) is 5.81. The number of nitrogens with zero attached hydrogens (tertiary/aromatic N) is 4. The zero-order valence-electron chi connectivity index (χ0n) is 13.5. The molecule has 8 heteroatoms. The predicted molar refractivity (Wildman–Crippen MR) is 92.8 cm³/mol. The topological polar surface area (TPSA) is 84.2 Å². The van der Waals surface area contributed by atoms with Gasteiger partial charge in [0.15, 0.2) is 0 Å². The highest BCUT2D eigenvalue weighted by molar-refractivity contribution is 7.09. The molecule has 4 rings (SSSR count). The average molecular weight is 355 g/mol. The summed E-state index contributed by atoms with van der Waals surface area (Å²) >= 11 is 1.70. The van der Waals surface area contributed by atoms with Gasteiger partial charge in [0, 0.05) is 42.5 Å². The molecular weight excluding hydrogens is 338 g/mol. The minimum absolute atomic E-state index is 0.00599. The van der Waals surface area contributed by atoms with Gasteiger partial charge >= 0.3 is 0 Å². The Morgan fingerprint density at radius 3 is 3.00 bits per heavy atom. The zero-order valence-corrected chi connectivity index (χ0v) is 14.3. The van der Waals surface area contributed by atoms with Crippen molar-refractivity contribution in [1.82, 2.24) is 25.3 Å². The Morgan fingerprint density at radius 2 is 2.20 bits per heavy atom. The molecule has 1 aliphatic rings. The molecule has 0 saturated carbocycles. The van der Waals surface area contributed by atoms with E-state index >= 15 is 0 Å². The maximum atomic E-state index is 12.4. The first-order chi connectivity index (χ1) is 12.3. The Hall–Kier alpha value is -2.58. The fourth-order valence-corrected chi connectivity index (χ4v) is 3.63. The van der Waals surface area contributed by atoms with Crippen molar-refractivity contribution in [1.29, 1.82) is 0 Å². The third kappa shape index (κ3) is 3.59. The molecule has 0 aliphatic carbocycles. The van der Waals surface area contributed by atoms with Crippen molar-refractivity contribution < 1.29 is 9.32 Å². The van der Waals surface area contributed by atoms with Gasteiger partial charge < -0.3 is 9.84 Å². The van der Waals surface area contributed by atoms with Crippen LogP contribution in [0.1, 0.15) is 10.8 Å². The van der Waals surface area contributed by atoms with Crippen molar-refractivity contribution in [2.24, 2.45) is 0 Å². The number of carbonyl (C=O) groups excluding carboxylic acids is 1. The highest BCUT2D eigenvalue weighted by Crippen LogP contribution is 2.19. The first-order valence-corrected chi connectivity index (χ1v) is 8.95. The van der Waals surface area contributed by atoms with E-state index in [1.165, 1.54) is 4.88 Å². The van der Waals surface area contributed by atoms with Crippen LogP contribution >= 0.6 is 11.3 Å². The Balaban J connectivity index is 1.51. The molecule has 0 bridgehead atoms. The Kier molecular flexibility index (Phi) is 4.53. The number of piperazine rings is 1. The van der Waals surface area contributed by atoms with Gasteiger partial charge in [-0.15, -0.1) is 11.3 Å². The van der Waals surface area contributed by atoms with Crippen molar-refractivity contribution in [3.8, 4) is 11.4 Å². The van der Waals surface area contributed by atoms with Crippen LogP contribution in [0.2, 0.25) is 0 Å². The minimum atomic E-state index is -0.304. The normalized spacial score (nSPS) is 18.2. The third-order valence-corrected chi connectivity index (χ3v) is 5.02. The number of thiophene rings is 1. The number of nitrogens with one attached hydrogen (secondary N) is 1. The quantitative estimate of drug-likeness (QED) is 0.750. The monoisotopic (exact) mass is 355 g/mol. The maximum absolute atomic E-state index is 12.4. The second-order valence-corrected chi connectivity index (χ2v) is 6.84. The smallest absolute Gasteiger partial charge is 0.237 e. The average Bonchev–Trinajstić information content (AvgIpc) is 3.31. The van der Waals surface area contributed by atoms with E-state index in [-0.39, 0.29) is 11.9 Å². The van der Waals surface area contributed by atoms with Gasteiger partial charge in [0.05, 0.1) is 12.5 Å². The molecule has 1 aliphatic heterocycles. The molecule has 1 saturated heterocycles. The van der Waals surface area contributed by atoms with E-state index in [0.29, 0.717) is 24.7 Å². The summed E-state index contributed by atoms with van der Waals surface area (Å²) in [6.07, 6.45) is 3.76. The van der Waals surface area contributed by atoms with Crippen LogP contribution in [-0.4, -0.2) is 45.1 Å². The van der Waals surface area contributed by atoms with Crippen molar-refractivity contribution in [2.75, 3.05) is 13.1 Å². The van der Waals surface area contributed by atoms with Crippen LogP contribution in [0.25, 0.3) is 11.4 Å². The molecule has 25 heavy (non-hydrogen) atoms. The van der Waals surface area contributed by atoms with E-state index in [9.17, 15) is 4.79 Å². The molecule has 1 unspecified atom stereocenters. The molecule has 3 aromatic heterocycles. The highest BCUT2D eigenvalue weighted by atomic mass is 32.1. The molecule has 4 heterocycles. The van der Waals surface area contributed by atoms with Gasteiger partial charge in [-0.05, 0) is 23.6 Å². The standard InChI is InChI=1S/C17H17N5O2S/c23-17-14(22(8-7-19-17)11-13-2-1-9-25-13)10-15-20-16(21-24-15)12-3-5-18-6-4-12/h1-6,9,14H,7-8,10-11H2,(H,19,23). The number of hydrogen-bond donors (Lipinski definition) is 1. The SMILES string of the molecule is O=C1NCCN(Cc2cccs2)C1Cc1nc(-c2ccncc2)no1. The van der Waals surface area contributed by atoms with Gasteiger partial charge in [0.25, 0.3) is 0 Å². The summed E-state index contributed by atoms with van der Waals surface area (Å²) in [4.78, 5) is 24.2. The van der Waals surface area contributed by atoms with E-state index in [1.54, 1.807) is 23.7 Å². The molecule has 0 radical (unpaired) electrons. The summed E-state index contributed by atoms with van der Waals surface area (Å²) in [5, 5.41) is 8.99. The van der Waals surface area contributed by atoms with Crippen LogP contribution in [0, 0.1) is 0 Å². The maximum Gasteiger partial charge on any atom is 0.237 e. The van der Waals surface area contributed by atoms with E-state index in [4.69, 9.17) is 4.52 Å². The largest absolute Gasteiger partial charge is 0.353 e. The zero-order chi connectivity index (χ0) is 17.1. The number of pyridine rings is 1. The summed E-state index contributed by atoms with van der Waals surface area (Å²) in [5.74, 6) is 0.981.